The monoisotopic (exact) mass is 499 g/mol. The van der Waals surface area contributed by atoms with Crippen LogP contribution in [0.2, 0.25) is 0 Å². The third-order valence-corrected chi connectivity index (χ3v) is 7.50. The van der Waals surface area contributed by atoms with Crippen LogP contribution in [0.4, 0.5) is 4.39 Å². The maximum Gasteiger partial charge on any atom is 0.490 e. The van der Waals surface area contributed by atoms with Gasteiger partial charge in [-0.3, -0.25) is 9.32 Å². The molecule has 1 saturated heterocycles. The van der Waals surface area contributed by atoms with Gasteiger partial charge in [0.2, 0.25) is 0 Å². The number of nitrogens with one attached hydrogen (secondary N) is 1. The summed E-state index contributed by atoms with van der Waals surface area (Å²) in [5.41, 5.74) is -1.10. The van der Waals surface area contributed by atoms with Crippen LogP contribution in [0.1, 0.15) is 17.4 Å². The molecule has 1 aromatic rings. The van der Waals surface area contributed by atoms with Crippen LogP contribution in [0.3, 0.4) is 0 Å². The highest BCUT2D eigenvalue weighted by Crippen LogP contribution is 2.66. The van der Waals surface area contributed by atoms with Gasteiger partial charge in [0.15, 0.2) is 0 Å². The minimum absolute atomic E-state index is 0.0233. The first-order valence-electron chi connectivity index (χ1n) is 7.70. The van der Waals surface area contributed by atoms with E-state index in [1.807, 2.05) is 0 Å². The first-order chi connectivity index (χ1) is 13.5. The number of halogens is 1. The summed E-state index contributed by atoms with van der Waals surface area (Å²) in [5, 5.41) is 20.1. The van der Waals surface area contributed by atoms with Crippen LogP contribution in [0, 0.1) is 12.7 Å². The summed E-state index contributed by atoms with van der Waals surface area (Å²) in [4.78, 5) is 48.9. The normalized spacial score (nSPS) is 28.8. The van der Waals surface area contributed by atoms with Gasteiger partial charge in [0.25, 0.3) is 5.56 Å². The SMILES string of the molecule is Cc1[nH]c(=O)cc(F)c1[C@@H]1O[C@H](COP(=O)(O)OP(=O)(O)OP(=O)(O)O)C(O)[C@@H]1O. The maximum absolute atomic E-state index is 14.1. The maximum atomic E-state index is 14.1. The van der Waals surface area contributed by atoms with E-state index in [-0.39, 0.29) is 11.3 Å². The fourth-order valence-electron chi connectivity index (χ4n) is 2.61. The third-order valence-electron chi connectivity index (χ3n) is 3.69. The Morgan fingerprint density at radius 2 is 1.70 bits per heavy atom. The molecule has 0 amide bonds. The number of aliphatic hydroxyl groups excluding tert-OH is 2. The Hall–Kier alpha value is -0.830. The molecule has 0 aromatic carbocycles. The molecule has 0 spiro atoms. The van der Waals surface area contributed by atoms with Crippen molar-refractivity contribution in [1.82, 2.24) is 4.98 Å². The number of phosphoric acid groups is 3. The number of hydrogen-bond donors (Lipinski definition) is 7. The largest absolute Gasteiger partial charge is 0.490 e. The lowest BCUT2D eigenvalue weighted by atomic mass is 10.00. The number of aromatic amines is 1. The average molecular weight is 499 g/mol. The summed E-state index contributed by atoms with van der Waals surface area (Å²) in [5.74, 6) is -1.05. The molecule has 3 unspecified atom stereocenters. The molecule has 6 atom stereocenters. The minimum Gasteiger partial charge on any atom is -0.387 e. The van der Waals surface area contributed by atoms with Crippen molar-refractivity contribution in [3.63, 3.8) is 0 Å². The molecule has 1 aliphatic rings. The quantitative estimate of drug-likeness (QED) is 0.219. The van der Waals surface area contributed by atoms with E-state index in [0.29, 0.717) is 6.07 Å². The van der Waals surface area contributed by atoms with Gasteiger partial charge in [0.05, 0.1) is 6.61 Å². The van der Waals surface area contributed by atoms with Crippen molar-refractivity contribution in [2.75, 3.05) is 6.61 Å². The van der Waals surface area contributed by atoms with Gasteiger partial charge in [0.1, 0.15) is 30.2 Å². The van der Waals surface area contributed by atoms with E-state index in [4.69, 9.17) is 19.4 Å². The highest BCUT2D eigenvalue weighted by molar-refractivity contribution is 7.66. The van der Waals surface area contributed by atoms with Crippen LogP contribution in [0.25, 0.3) is 0 Å². The molecule has 7 N–H and O–H groups in total. The molecule has 1 aliphatic heterocycles. The molecule has 2 rings (SSSR count). The summed E-state index contributed by atoms with van der Waals surface area (Å²) < 4.78 is 64.2. The first kappa shape index (κ1) is 25.4. The number of ether oxygens (including phenoxy) is 1. The van der Waals surface area contributed by atoms with E-state index in [2.05, 4.69) is 18.1 Å². The number of aliphatic hydroxyl groups is 2. The van der Waals surface area contributed by atoms with Gasteiger partial charge in [-0.1, -0.05) is 0 Å². The Kier molecular flexibility index (Phi) is 7.60. The highest BCUT2D eigenvalue weighted by Gasteiger charge is 2.47. The summed E-state index contributed by atoms with van der Waals surface area (Å²) in [6.07, 6.45) is -6.67. The molecule has 19 heteroatoms. The lowest BCUT2D eigenvalue weighted by Gasteiger charge is -2.19. The molecule has 1 aromatic heterocycles. The Labute approximate surface area is 166 Å². The molecular weight excluding hydrogens is 482 g/mol. The molecule has 2 heterocycles. The lowest BCUT2D eigenvalue weighted by Crippen LogP contribution is -2.33. The van der Waals surface area contributed by atoms with Gasteiger partial charge in [-0.25, -0.2) is 18.1 Å². The number of aromatic nitrogens is 1. The highest BCUT2D eigenvalue weighted by atomic mass is 31.3. The van der Waals surface area contributed by atoms with E-state index in [1.165, 1.54) is 6.92 Å². The Balaban J connectivity index is 2.10. The third kappa shape index (κ3) is 6.58. The van der Waals surface area contributed by atoms with E-state index in [1.54, 1.807) is 0 Å². The van der Waals surface area contributed by atoms with E-state index in [9.17, 15) is 38.0 Å². The summed E-state index contributed by atoms with van der Waals surface area (Å²) in [7, 11) is -16.8. The number of aryl methyl sites for hydroxylation is 1. The van der Waals surface area contributed by atoms with Crippen molar-refractivity contribution in [3.05, 3.63) is 33.5 Å². The van der Waals surface area contributed by atoms with E-state index in [0.717, 1.165) is 0 Å². The summed E-state index contributed by atoms with van der Waals surface area (Å²) in [6.45, 7) is 0.240. The Morgan fingerprint density at radius 1 is 1.10 bits per heavy atom. The average Bonchev–Trinajstić information content (AvgIpc) is 2.77. The number of hydrogen-bond acceptors (Lipinski definition) is 10. The van der Waals surface area contributed by atoms with Crippen molar-refractivity contribution >= 4 is 23.5 Å². The van der Waals surface area contributed by atoms with E-state index >= 15 is 0 Å². The molecule has 30 heavy (non-hydrogen) atoms. The molecule has 0 radical (unpaired) electrons. The fourth-order valence-corrected chi connectivity index (χ4v) is 5.64. The molecule has 15 nitrogen and oxygen atoms in total. The first-order valence-corrected chi connectivity index (χ1v) is 12.2. The topological polar surface area (TPSA) is 242 Å². The smallest absolute Gasteiger partial charge is 0.387 e. The molecule has 1 fully saturated rings. The second kappa shape index (κ2) is 8.96. The Morgan fingerprint density at radius 3 is 2.23 bits per heavy atom. The van der Waals surface area contributed by atoms with Gasteiger partial charge < -0.3 is 39.5 Å². The molecule has 0 bridgehead atoms. The van der Waals surface area contributed by atoms with E-state index < -0.39 is 65.9 Å². The van der Waals surface area contributed by atoms with Crippen LogP contribution in [-0.2, 0) is 31.6 Å². The summed E-state index contributed by atoms with van der Waals surface area (Å²) >= 11 is 0. The molecule has 172 valence electrons. The predicted octanol–water partition coefficient (Wildman–Crippen LogP) is -0.673. The van der Waals surface area contributed by atoms with Crippen LogP contribution < -0.4 is 5.56 Å². The van der Waals surface area contributed by atoms with Crippen molar-refractivity contribution in [2.45, 2.75) is 31.3 Å². The zero-order valence-corrected chi connectivity index (χ0v) is 17.4. The van der Waals surface area contributed by atoms with Crippen LogP contribution in [0.15, 0.2) is 10.9 Å². The Bertz CT molecular complexity index is 966. The van der Waals surface area contributed by atoms with Crippen molar-refractivity contribution in [3.8, 4) is 0 Å². The predicted molar refractivity (Wildman–Crippen MR) is 91.2 cm³/mol. The van der Waals surface area contributed by atoms with Crippen LogP contribution in [-0.4, -0.2) is 59.7 Å². The van der Waals surface area contributed by atoms with Crippen LogP contribution >= 0.6 is 23.5 Å². The number of rotatable bonds is 8. The number of pyridine rings is 1. The number of phosphoric ester groups is 1. The van der Waals surface area contributed by atoms with Crippen molar-refractivity contribution in [2.24, 2.45) is 0 Å². The van der Waals surface area contributed by atoms with Gasteiger partial charge in [-0.05, 0) is 6.92 Å². The second-order valence-electron chi connectivity index (χ2n) is 5.98. The molecule has 0 saturated carbocycles. The van der Waals surface area contributed by atoms with Gasteiger partial charge in [0, 0.05) is 17.3 Å². The molecule has 0 aliphatic carbocycles. The minimum atomic E-state index is -5.74. The zero-order chi connectivity index (χ0) is 23.1. The van der Waals surface area contributed by atoms with Crippen molar-refractivity contribution in [1.29, 1.82) is 0 Å². The molecular formula is C11H17FNO14P3. The van der Waals surface area contributed by atoms with Gasteiger partial charge in [-0.2, -0.15) is 8.62 Å². The second-order valence-corrected chi connectivity index (χ2v) is 10.4. The van der Waals surface area contributed by atoms with Crippen LogP contribution in [0.5, 0.6) is 0 Å². The number of H-pyrrole nitrogens is 1. The lowest BCUT2D eigenvalue weighted by molar-refractivity contribution is -0.0234. The van der Waals surface area contributed by atoms with Gasteiger partial charge >= 0.3 is 23.5 Å². The van der Waals surface area contributed by atoms with Gasteiger partial charge in [-0.15, -0.1) is 0 Å². The van der Waals surface area contributed by atoms with Crippen molar-refractivity contribution < 1.29 is 65.8 Å². The zero-order valence-electron chi connectivity index (χ0n) is 14.8. The summed E-state index contributed by atoms with van der Waals surface area (Å²) in [6, 6.07) is 0.574. The standard InChI is InChI=1S/C11H17FNO14P3/c1-4-8(5(12)2-7(14)13-4)11-10(16)9(15)6(25-11)3-24-29(20,21)27-30(22,23)26-28(17,18)19/h2,6,9-11,15-16H,3H2,1H3,(H,13,14)(H,20,21)(H,22,23)(H2,17,18,19)/t6-,9?,10+,11+/m1/s1. The fraction of sp³-hybridized carbons (Fsp3) is 0.545.